The standard InChI is InChI=1S/C14H25N3O/c1-12(2)6-15-7-14-8-16-11-17(14)9-13-4-3-5-18-10-13/h8,11-13,15H,3-7,9-10H2,1-2H3. The maximum atomic E-state index is 5.53. The highest BCUT2D eigenvalue weighted by Gasteiger charge is 2.15. The molecule has 1 saturated heterocycles. The number of rotatable bonds is 6. The predicted molar refractivity (Wildman–Crippen MR) is 72.3 cm³/mol. The van der Waals surface area contributed by atoms with Crippen molar-refractivity contribution < 1.29 is 4.74 Å². The molecule has 1 N–H and O–H groups in total. The molecule has 0 spiro atoms. The fraction of sp³-hybridized carbons (Fsp3) is 0.786. The number of aromatic nitrogens is 2. The van der Waals surface area contributed by atoms with Crippen molar-refractivity contribution in [2.75, 3.05) is 19.8 Å². The van der Waals surface area contributed by atoms with Gasteiger partial charge < -0.3 is 14.6 Å². The van der Waals surface area contributed by atoms with Crippen LogP contribution in [-0.4, -0.2) is 29.3 Å². The van der Waals surface area contributed by atoms with Gasteiger partial charge in [0, 0.05) is 31.8 Å². The van der Waals surface area contributed by atoms with Gasteiger partial charge in [0.2, 0.25) is 0 Å². The zero-order valence-electron chi connectivity index (χ0n) is 11.6. The number of nitrogens with zero attached hydrogens (tertiary/aromatic N) is 2. The van der Waals surface area contributed by atoms with Crippen LogP contribution >= 0.6 is 0 Å². The molecule has 0 saturated carbocycles. The van der Waals surface area contributed by atoms with Crippen molar-refractivity contribution in [3.05, 3.63) is 18.2 Å². The van der Waals surface area contributed by atoms with Gasteiger partial charge in [-0.15, -0.1) is 0 Å². The molecule has 1 aromatic heterocycles. The molecule has 2 heterocycles. The second-order valence-electron chi connectivity index (χ2n) is 5.65. The second-order valence-corrected chi connectivity index (χ2v) is 5.65. The summed E-state index contributed by atoms with van der Waals surface area (Å²) in [4.78, 5) is 4.27. The Morgan fingerprint density at radius 3 is 3.17 bits per heavy atom. The van der Waals surface area contributed by atoms with Crippen molar-refractivity contribution in [3.63, 3.8) is 0 Å². The Hall–Kier alpha value is -0.870. The van der Waals surface area contributed by atoms with Crippen molar-refractivity contribution in [2.45, 2.75) is 39.8 Å². The van der Waals surface area contributed by atoms with E-state index >= 15 is 0 Å². The van der Waals surface area contributed by atoms with Gasteiger partial charge in [0.15, 0.2) is 0 Å². The molecular formula is C14H25N3O. The lowest BCUT2D eigenvalue weighted by atomic mass is 10.0. The first-order chi connectivity index (χ1) is 8.75. The Morgan fingerprint density at radius 2 is 2.44 bits per heavy atom. The molecule has 0 aliphatic carbocycles. The molecule has 102 valence electrons. The summed E-state index contributed by atoms with van der Waals surface area (Å²) in [6, 6.07) is 0. The van der Waals surface area contributed by atoms with E-state index in [9.17, 15) is 0 Å². The van der Waals surface area contributed by atoms with Crippen LogP contribution < -0.4 is 5.32 Å². The first kappa shape index (κ1) is 13.6. The van der Waals surface area contributed by atoms with E-state index in [-0.39, 0.29) is 0 Å². The third-order valence-electron chi connectivity index (χ3n) is 3.37. The number of hydrogen-bond donors (Lipinski definition) is 1. The van der Waals surface area contributed by atoms with Gasteiger partial charge >= 0.3 is 0 Å². The zero-order valence-corrected chi connectivity index (χ0v) is 11.6. The lowest BCUT2D eigenvalue weighted by Crippen LogP contribution is -2.25. The van der Waals surface area contributed by atoms with Gasteiger partial charge in [-0.1, -0.05) is 13.8 Å². The summed E-state index contributed by atoms with van der Waals surface area (Å²) < 4.78 is 7.80. The molecule has 1 fully saturated rings. The van der Waals surface area contributed by atoms with Gasteiger partial charge in [0.1, 0.15) is 0 Å². The monoisotopic (exact) mass is 251 g/mol. The lowest BCUT2D eigenvalue weighted by molar-refractivity contribution is 0.0480. The van der Waals surface area contributed by atoms with Crippen LogP contribution in [0.4, 0.5) is 0 Å². The molecule has 0 bridgehead atoms. The van der Waals surface area contributed by atoms with Crippen molar-refractivity contribution >= 4 is 0 Å². The van der Waals surface area contributed by atoms with Gasteiger partial charge in [-0.05, 0) is 25.3 Å². The number of nitrogens with one attached hydrogen (secondary N) is 1. The second kappa shape index (κ2) is 6.90. The molecule has 4 heteroatoms. The van der Waals surface area contributed by atoms with Crippen molar-refractivity contribution in [1.82, 2.24) is 14.9 Å². The van der Waals surface area contributed by atoms with Gasteiger partial charge in [-0.25, -0.2) is 4.98 Å². The first-order valence-corrected chi connectivity index (χ1v) is 7.03. The fourth-order valence-electron chi connectivity index (χ4n) is 2.38. The van der Waals surface area contributed by atoms with E-state index in [1.54, 1.807) is 0 Å². The Kier molecular flexibility index (Phi) is 5.20. The van der Waals surface area contributed by atoms with E-state index in [0.717, 1.165) is 32.8 Å². The number of imidazole rings is 1. The van der Waals surface area contributed by atoms with E-state index in [1.165, 1.54) is 18.5 Å². The summed E-state index contributed by atoms with van der Waals surface area (Å²) in [5, 5.41) is 3.47. The van der Waals surface area contributed by atoms with Crippen LogP contribution in [0.25, 0.3) is 0 Å². The SMILES string of the molecule is CC(C)CNCc1cncn1CC1CCCOC1. The topological polar surface area (TPSA) is 39.1 Å². The highest BCUT2D eigenvalue weighted by atomic mass is 16.5. The summed E-state index contributed by atoms with van der Waals surface area (Å²) in [6.45, 7) is 9.29. The van der Waals surface area contributed by atoms with Gasteiger partial charge in [0.05, 0.1) is 18.6 Å². The van der Waals surface area contributed by atoms with Gasteiger partial charge in [-0.3, -0.25) is 0 Å². The largest absolute Gasteiger partial charge is 0.381 e. The van der Waals surface area contributed by atoms with Crippen LogP contribution in [-0.2, 0) is 17.8 Å². The van der Waals surface area contributed by atoms with E-state index in [0.29, 0.717) is 11.8 Å². The van der Waals surface area contributed by atoms with Crippen LogP contribution in [0.3, 0.4) is 0 Å². The normalized spacial score (nSPS) is 20.5. The van der Waals surface area contributed by atoms with Crippen LogP contribution in [0.5, 0.6) is 0 Å². The van der Waals surface area contributed by atoms with Crippen LogP contribution in [0, 0.1) is 11.8 Å². The molecule has 1 aliphatic heterocycles. The highest BCUT2D eigenvalue weighted by Crippen LogP contribution is 2.16. The van der Waals surface area contributed by atoms with Crippen molar-refractivity contribution in [2.24, 2.45) is 11.8 Å². The number of ether oxygens (including phenoxy) is 1. The van der Waals surface area contributed by atoms with Gasteiger partial charge in [-0.2, -0.15) is 0 Å². The molecule has 0 radical (unpaired) electrons. The Labute approximate surface area is 110 Å². The van der Waals surface area contributed by atoms with Crippen LogP contribution in [0.15, 0.2) is 12.5 Å². The average Bonchev–Trinajstić information content (AvgIpc) is 2.78. The fourth-order valence-corrected chi connectivity index (χ4v) is 2.38. The molecule has 18 heavy (non-hydrogen) atoms. The average molecular weight is 251 g/mol. The zero-order chi connectivity index (χ0) is 12.8. The summed E-state index contributed by atoms with van der Waals surface area (Å²) in [5.41, 5.74) is 1.28. The third-order valence-corrected chi connectivity index (χ3v) is 3.37. The quantitative estimate of drug-likeness (QED) is 0.841. The Balaban J connectivity index is 1.82. The Morgan fingerprint density at radius 1 is 1.56 bits per heavy atom. The maximum absolute atomic E-state index is 5.53. The van der Waals surface area contributed by atoms with E-state index in [4.69, 9.17) is 4.74 Å². The van der Waals surface area contributed by atoms with Crippen molar-refractivity contribution in [3.8, 4) is 0 Å². The lowest BCUT2D eigenvalue weighted by Gasteiger charge is -2.23. The first-order valence-electron chi connectivity index (χ1n) is 7.03. The minimum Gasteiger partial charge on any atom is -0.381 e. The van der Waals surface area contributed by atoms with Crippen LogP contribution in [0.1, 0.15) is 32.4 Å². The molecule has 2 rings (SSSR count). The highest BCUT2D eigenvalue weighted by molar-refractivity contribution is 4.98. The summed E-state index contributed by atoms with van der Waals surface area (Å²) in [7, 11) is 0. The third kappa shape index (κ3) is 4.10. The Bertz CT molecular complexity index is 343. The van der Waals surface area contributed by atoms with Gasteiger partial charge in [0.25, 0.3) is 0 Å². The molecule has 4 nitrogen and oxygen atoms in total. The minimum atomic E-state index is 0.650. The molecule has 1 unspecified atom stereocenters. The summed E-state index contributed by atoms with van der Waals surface area (Å²) in [6.07, 6.45) is 6.38. The molecule has 0 amide bonds. The number of hydrogen-bond acceptors (Lipinski definition) is 3. The molecule has 1 atom stereocenters. The summed E-state index contributed by atoms with van der Waals surface area (Å²) >= 11 is 0. The molecular weight excluding hydrogens is 226 g/mol. The van der Waals surface area contributed by atoms with Crippen molar-refractivity contribution in [1.29, 1.82) is 0 Å². The molecule has 1 aliphatic rings. The van der Waals surface area contributed by atoms with E-state index < -0.39 is 0 Å². The predicted octanol–water partition coefficient (Wildman–Crippen LogP) is 2.06. The molecule has 0 aromatic carbocycles. The maximum Gasteiger partial charge on any atom is 0.0948 e. The van der Waals surface area contributed by atoms with E-state index in [1.807, 2.05) is 12.5 Å². The van der Waals surface area contributed by atoms with Crippen LogP contribution in [0.2, 0.25) is 0 Å². The smallest absolute Gasteiger partial charge is 0.0948 e. The molecule has 1 aromatic rings. The van der Waals surface area contributed by atoms with E-state index in [2.05, 4.69) is 28.7 Å². The summed E-state index contributed by atoms with van der Waals surface area (Å²) in [5.74, 6) is 1.34. The minimum absolute atomic E-state index is 0.650.